The Morgan fingerprint density at radius 3 is 2.87 bits per heavy atom. The first kappa shape index (κ1) is 9.77. The highest BCUT2D eigenvalue weighted by molar-refractivity contribution is 5.82. The predicted molar refractivity (Wildman–Crippen MR) is 58.6 cm³/mol. The van der Waals surface area contributed by atoms with Crippen LogP contribution in [0.15, 0.2) is 34.9 Å². The molecule has 78 valence electrons. The zero-order valence-corrected chi connectivity index (χ0v) is 8.86. The van der Waals surface area contributed by atoms with Crippen molar-refractivity contribution in [3.63, 3.8) is 0 Å². The Balaban J connectivity index is 2.25. The van der Waals surface area contributed by atoms with Crippen LogP contribution in [0.5, 0.6) is 0 Å². The predicted octanol–water partition coefficient (Wildman–Crippen LogP) is 2.06. The number of nitrogens with zero attached hydrogens (tertiary/aromatic N) is 1. The minimum absolute atomic E-state index is 0.0981. The van der Waals surface area contributed by atoms with Gasteiger partial charge in [-0.25, -0.2) is 0 Å². The smallest absolute Gasteiger partial charge is 0.226 e. The van der Waals surface area contributed by atoms with E-state index in [1.165, 1.54) is 0 Å². The first-order valence-corrected chi connectivity index (χ1v) is 4.83. The van der Waals surface area contributed by atoms with E-state index in [0.717, 1.165) is 16.5 Å². The van der Waals surface area contributed by atoms with Crippen LogP contribution in [0.2, 0.25) is 0 Å². The number of likely N-dealkylation sites (N-methyl/N-ethyl adjacent to an activating group) is 1. The van der Waals surface area contributed by atoms with Crippen LogP contribution >= 0.6 is 0 Å². The highest BCUT2D eigenvalue weighted by Gasteiger charge is 2.06. The molecule has 0 saturated carbocycles. The van der Waals surface area contributed by atoms with Crippen molar-refractivity contribution in [2.45, 2.75) is 6.42 Å². The average Bonchev–Trinajstić information content (AvgIpc) is 2.64. The number of rotatable bonds is 2. The molecule has 2 aromatic rings. The van der Waals surface area contributed by atoms with E-state index < -0.39 is 0 Å². The fourth-order valence-corrected chi connectivity index (χ4v) is 1.44. The summed E-state index contributed by atoms with van der Waals surface area (Å²) in [6.45, 7) is 0. The largest absolute Gasteiger partial charge is 0.464 e. The summed E-state index contributed by atoms with van der Waals surface area (Å²) in [5.41, 5.74) is 1.82. The van der Waals surface area contributed by atoms with Crippen molar-refractivity contribution in [2.24, 2.45) is 0 Å². The van der Waals surface area contributed by atoms with Gasteiger partial charge in [0.15, 0.2) is 0 Å². The van der Waals surface area contributed by atoms with Crippen molar-refractivity contribution < 1.29 is 9.21 Å². The quantitative estimate of drug-likeness (QED) is 0.748. The molecule has 0 atom stereocenters. The van der Waals surface area contributed by atoms with E-state index in [-0.39, 0.29) is 5.91 Å². The molecule has 0 saturated heterocycles. The highest BCUT2D eigenvalue weighted by Crippen LogP contribution is 2.17. The molecular formula is C12H13NO2. The first-order chi connectivity index (χ1) is 7.16. The molecule has 3 heteroatoms. The molecule has 0 N–H and O–H groups in total. The summed E-state index contributed by atoms with van der Waals surface area (Å²) < 4.78 is 5.28. The standard InChI is InChI=1S/C12H13NO2/c1-13(2)12(14)8-9-3-4-10-5-6-15-11(10)7-9/h3-7H,8H2,1-2H3. The maximum Gasteiger partial charge on any atom is 0.226 e. The lowest BCUT2D eigenvalue weighted by atomic mass is 10.1. The van der Waals surface area contributed by atoms with Crippen molar-refractivity contribution in [1.29, 1.82) is 0 Å². The maximum absolute atomic E-state index is 11.5. The Morgan fingerprint density at radius 2 is 2.13 bits per heavy atom. The molecule has 2 rings (SSSR count). The normalized spacial score (nSPS) is 10.5. The van der Waals surface area contributed by atoms with E-state index >= 15 is 0 Å². The van der Waals surface area contributed by atoms with Crippen molar-refractivity contribution in [3.8, 4) is 0 Å². The maximum atomic E-state index is 11.5. The molecule has 0 unspecified atom stereocenters. The van der Waals surface area contributed by atoms with Crippen LogP contribution in [0.4, 0.5) is 0 Å². The fraction of sp³-hybridized carbons (Fsp3) is 0.250. The lowest BCUT2D eigenvalue weighted by Crippen LogP contribution is -2.23. The SMILES string of the molecule is CN(C)C(=O)Cc1ccc2ccoc2c1. The molecule has 1 heterocycles. The molecule has 0 spiro atoms. The second-order valence-electron chi connectivity index (χ2n) is 3.76. The summed E-state index contributed by atoms with van der Waals surface area (Å²) in [6, 6.07) is 7.75. The number of hydrogen-bond donors (Lipinski definition) is 0. The number of fused-ring (bicyclic) bond motifs is 1. The Hall–Kier alpha value is -1.77. The van der Waals surface area contributed by atoms with E-state index in [4.69, 9.17) is 4.42 Å². The number of carbonyl (C=O) groups is 1. The van der Waals surface area contributed by atoms with Gasteiger partial charge in [-0.2, -0.15) is 0 Å². The van der Waals surface area contributed by atoms with Gasteiger partial charge in [0.1, 0.15) is 5.58 Å². The average molecular weight is 203 g/mol. The zero-order chi connectivity index (χ0) is 10.8. The van der Waals surface area contributed by atoms with Crippen LogP contribution in [0.25, 0.3) is 11.0 Å². The van der Waals surface area contributed by atoms with Crippen LogP contribution < -0.4 is 0 Å². The van der Waals surface area contributed by atoms with E-state index in [9.17, 15) is 4.79 Å². The number of benzene rings is 1. The minimum Gasteiger partial charge on any atom is -0.464 e. The summed E-state index contributed by atoms with van der Waals surface area (Å²) in [5, 5.41) is 1.07. The Bertz CT molecular complexity index is 485. The molecule has 1 aromatic heterocycles. The van der Waals surface area contributed by atoms with Gasteiger partial charge in [0.05, 0.1) is 12.7 Å². The van der Waals surface area contributed by atoms with E-state index in [2.05, 4.69) is 0 Å². The van der Waals surface area contributed by atoms with Gasteiger partial charge >= 0.3 is 0 Å². The highest BCUT2D eigenvalue weighted by atomic mass is 16.3. The third-order valence-corrected chi connectivity index (χ3v) is 2.37. The zero-order valence-electron chi connectivity index (χ0n) is 8.86. The molecule has 1 amide bonds. The van der Waals surface area contributed by atoms with Gasteiger partial charge in [-0.05, 0) is 17.7 Å². The van der Waals surface area contributed by atoms with Crippen LogP contribution in [-0.2, 0) is 11.2 Å². The Kier molecular flexibility index (Phi) is 2.46. The lowest BCUT2D eigenvalue weighted by molar-refractivity contribution is -0.127. The van der Waals surface area contributed by atoms with Gasteiger partial charge in [0.2, 0.25) is 5.91 Å². The van der Waals surface area contributed by atoms with Crippen LogP contribution in [0, 0.1) is 0 Å². The second-order valence-corrected chi connectivity index (χ2v) is 3.76. The molecule has 0 bridgehead atoms. The van der Waals surface area contributed by atoms with E-state index in [1.54, 1.807) is 25.3 Å². The molecule has 1 aromatic carbocycles. The van der Waals surface area contributed by atoms with E-state index in [1.807, 2.05) is 24.3 Å². The second kappa shape index (κ2) is 3.77. The molecule has 3 nitrogen and oxygen atoms in total. The third kappa shape index (κ3) is 2.01. The fourth-order valence-electron chi connectivity index (χ4n) is 1.44. The molecule has 0 aliphatic rings. The van der Waals surface area contributed by atoms with Gasteiger partial charge < -0.3 is 9.32 Å². The summed E-state index contributed by atoms with van der Waals surface area (Å²) in [4.78, 5) is 13.1. The molecule has 0 radical (unpaired) electrons. The summed E-state index contributed by atoms with van der Waals surface area (Å²) in [5.74, 6) is 0.0981. The van der Waals surface area contributed by atoms with Gasteiger partial charge in [0, 0.05) is 19.5 Å². The van der Waals surface area contributed by atoms with Crippen molar-refractivity contribution in [2.75, 3.05) is 14.1 Å². The third-order valence-electron chi connectivity index (χ3n) is 2.37. The Morgan fingerprint density at radius 1 is 1.33 bits per heavy atom. The molecule has 0 fully saturated rings. The molecule has 0 aliphatic carbocycles. The molecular weight excluding hydrogens is 190 g/mol. The van der Waals surface area contributed by atoms with Crippen LogP contribution in [0.1, 0.15) is 5.56 Å². The first-order valence-electron chi connectivity index (χ1n) is 4.83. The number of furan rings is 1. The van der Waals surface area contributed by atoms with Crippen LogP contribution in [-0.4, -0.2) is 24.9 Å². The number of amides is 1. The molecule has 0 aliphatic heterocycles. The van der Waals surface area contributed by atoms with Gasteiger partial charge in [-0.1, -0.05) is 12.1 Å². The Labute approximate surface area is 88.3 Å². The van der Waals surface area contributed by atoms with Crippen molar-refractivity contribution in [1.82, 2.24) is 4.90 Å². The molecule has 15 heavy (non-hydrogen) atoms. The van der Waals surface area contributed by atoms with Crippen LogP contribution in [0.3, 0.4) is 0 Å². The van der Waals surface area contributed by atoms with E-state index in [0.29, 0.717) is 6.42 Å². The summed E-state index contributed by atoms with van der Waals surface area (Å²) in [7, 11) is 3.52. The lowest BCUT2D eigenvalue weighted by Gasteiger charge is -2.09. The summed E-state index contributed by atoms with van der Waals surface area (Å²) >= 11 is 0. The summed E-state index contributed by atoms with van der Waals surface area (Å²) in [6.07, 6.45) is 2.08. The van der Waals surface area contributed by atoms with Gasteiger partial charge in [-0.15, -0.1) is 0 Å². The topological polar surface area (TPSA) is 33.5 Å². The number of hydrogen-bond acceptors (Lipinski definition) is 2. The van der Waals surface area contributed by atoms with Gasteiger partial charge in [0.25, 0.3) is 0 Å². The van der Waals surface area contributed by atoms with Gasteiger partial charge in [-0.3, -0.25) is 4.79 Å². The minimum atomic E-state index is 0.0981. The number of carbonyl (C=O) groups excluding carboxylic acids is 1. The van der Waals surface area contributed by atoms with Crippen molar-refractivity contribution in [3.05, 3.63) is 36.1 Å². The van der Waals surface area contributed by atoms with Crippen molar-refractivity contribution >= 4 is 16.9 Å². The monoisotopic (exact) mass is 203 g/mol.